The molecule has 0 aliphatic carbocycles. The summed E-state index contributed by atoms with van der Waals surface area (Å²) in [4.78, 5) is 17.1. The summed E-state index contributed by atoms with van der Waals surface area (Å²) in [6.45, 7) is 0. The molecule has 4 rings (SSSR count). The standard InChI is InChI=1S/C25H21N3O2/c29-23(17-16-19-10-4-1-5-11-19)26-22(18-20-12-6-2-7-13-20)25-27-24(28-30-25)21-14-8-3-9-15-21/h1-17,22H,18H2,(H,26,29)/b17-16+/t22-/m0/s1. The molecule has 0 saturated heterocycles. The van der Waals surface area contributed by atoms with E-state index in [1.54, 1.807) is 6.08 Å². The molecule has 148 valence electrons. The van der Waals surface area contributed by atoms with E-state index in [1.165, 1.54) is 6.08 Å². The summed E-state index contributed by atoms with van der Waals surface area (Å²) >= 11 is 0. The fourth-order valence-electron chi connectivity index (χ4n) is 3.09. The van der Waals surface area contributed by atoms with Crippen LogP contribution < -0.4 is 5.32 Å². The summed E-state index contributed by atoms with van der Waals surface area (Å²) in [6, 6.07) is 28.7. The molecule has 1 amide bonds. The van der Waals surface area contributed by atoms with Gasteiger partial charge in [0.25, 0.3) is 0 Å². The fourth-order valence-corrected chi connectivity index (χ4v) is 3.09. The van der Waals surface area contributed by atoms with Crippen molar-refractivity contribution in [1.29, 1.82) is 0 Å². The van der Waals surface area contributed by atoms with Gasteiger partial charge in [-0.2, -0.15) is 4.98 Å². The number of aromatic nitrogens is 2. The molecule has 0 aliphatic heterocycles. The Hall–Kier alpha value is -3.99. The molecule has 0 spiro atoms. The van der Waals surface area contributed by atoms with Crippen LogP contribution in [0.3, 0.4) is 0 Å². The van der Waals surface area contributed by atoms with Crippen LogP contribution in [-0.2, 0) is 11.2 Å². The zero-order valence-corrected chi connectivity index (χ0v) is 16.3. The lowest BCUT2D eigenvalue weighted by Gasteiger charge is -2.14. The minimum absolute atomic E-state index is 0.223. The van der Waals surface area contributed by atoms with Crippen molar-refractivity contribution < 1.29 is 9.32 Å². The topological polar surface area (TPSA) is 68.0 Å². The van der Waals surface area contributed by atoms with Gasteiger partial charge in [0.1, 0.15) is 6.04 Å². The van der Waals surface area contributed by atoms with Crippen molar-refractivity contribution in [1.82, 2.24) is 15.5 Å². The highest BCUT2D eigenvalue weighted by atomic mass is 16.5. The number of benzene rings is 3. The van der Waals surface area contributed by atoms with Crippen LogP contribution in [0.15, 0.2) is 102 Å². The molecule has 5 heteroatoms. The third-order valence-electron chi connectivity index (χ3n) is 4.60. The number of hydrogen-bond donors (Lipinski definition) is 1. The van der Waals surface area contributed by atoms with Crippen LogP contribution in [0.5, 0.6) is 0 Å². The van der Waals surface area contributed by atoms with Gasteiger partial charge in [0.15, 0.2) is 0 Å². The summed E-state index contributed by atoms with van der Waals surface area (Å²) in [5, 5.41) is 7.09. The zero-order chi connectivity index (χ0) is 20.6. The Bertz CT molecular complexity index is 1110. The molecule has 5 nitrogen and oxygen atoms in total. The van der Waals surface area contributed by atoms with Gasteiger partial charge in [0.05, 0.1) is 0 Å². The molecular formula is C25H21N3O2. The molecule has 1 heterocycles. The summed E-state index contributed by atoms with van der Waals surface area (Å²) in [6.07, 6.45) is 3.84. The lowest BCUT2D eigenvalue weighted by molar-refractivity contribution is -0.117. The Morgan fingerprint density at radius 3 is 2.23 bits per heavy atom. The Morgan fingerprint density at radius 1 is 0.900 bits per heavy atom. The van der Waals surface area contributed by atoms with E-state index in [4.69, 9.17) is 4.52 Å². The SMILES string of the molecule is O=C(/C=C/c1ccccc1)N[C@@H](Cc1ccccc1)c1nc(-c2ccccc2)no1. The second-order valence-corrected chi connectivity index (χ2v) is 6.82. The molecule has 0 radical (unpaired) electrons. The van der Waals surface area contributed by atoms with Crippen molar-refractivity contribution in [3.63, 3.8) is 0 Å². The lowest BCUT2D eigenvalue weighted by Crippen LogP contribution is -2.28. The van der Waals surface area contributed by atoms with Crippen molar-refractivity contribution in [2.75, 3.05) is 0 Å². The molecule has 0 aliphatic rings. The van der Waals surface area contributed by atoms with Gasteiger partial charge in [-0.15, -0.1) is 0 Å². The largest absolute Gasteiger partial charge is 0.340 e. The molecule has 4 aromatic rings. The molecule has 1 atom stereocenters. The quantitative estimate of drug-likeness (QED) is 0.454. The third-order valence-corrected chi connectivity index (χ3v) is 4.60. The second-order valence-electron chi connectivity index (χ2n) is 6.82. The average molecular weight is 395 g/mol. The number of hydrogen-bond acceptors (Lipinski definition) is 4. The first kappa shape index (κ1) is 19.3. The van der Waals surface area contributed by atoms with Crippen LogP contribution in [0.2, 0.25) is 0 Å². The maximum absolute atomic E-state index is 12.6. The van der Waals surface area contributed by atoms with Gasteiger partial charge in [-0.05, 0) is 17.2 Å². The predicted molar refractivity (Wildman–Crippen MR) is 116 cm³/mol. The normalized spacial score (nSPS) is 12.0. The van der Waals surface area contributed by atoms with Crippen LogP contribution in [0.4, 0.5) is 0 Å². The molecule has 0 unspecified atom stereocenters. The molecular weight excluding hydrogens is 374 g/mol. The number of amides is 1. The smallest absolute Gasteiger partial charge is 0.249 e. The molecule has 0 bridgehead atoms. The number of nitrogens with one attached hydrogen (secondary N) is 1. The first-order valence-electron chi connectivity index (χ1n) is 9.74. The molecule has 3 aromatic carbocycles. The van der Waals surface area contributed by atoms with E-state index < -0.39 is 6.04 Å². The van der Waals surface area contributed by atoms with Crippen molar-refractivity contribution in [2.24, 2.45) is 0 Å². The van der Waals surface area contributed by atoms with Crippen molar-refractivity contribution >= 4 is 12.0 Å². The zero-order valence-electron chi connectivity index (χ0n) is 16.3. The third kappa shape index (κ3) is 5.08. The van der Waals surface area contributed by atoms with Gasteiger partial charge in [-0.3, -0.25) is 4.79 Å². The van der Waals surface area contributed by atoms with E-state index in [2.05, 4.69) is 15.5 Å². The van der Waals surface area contributed by atoms with Crippen LogP contribution in [-0.4, -0.2) is 16.0 Å². The maximum Gasteiger partial charge on any atom is 0.249 e. The monoisotopic (exact) mass is 395 g/mol. The van der Waals surface area contributed by atoms with Crippen LogP contribution >= 0.6 is 0 Å². The maximum atomic E-state index is 12.6. The Labute approximate surface area is 175 Å². The van der Waals surface area contributed by atoms with Gasteiger partial charge >= 0.3 is 0 Å². The average Bonchev–Trinajstić information content (AvgIpc) is 3.30. The van der Waals surface area contributed by atoms with Gasteiger partial charge < -0.3 is 9.84 Å². The van der Waals surface area contributed by atoms with Gasteiger partial charge in [0, 0.05) is 18.1 Å². The van der Waals surface area contributed by atoms with Gasteiger partial charge in [-0.1, -0.05) is 96.2 Å². The lowest BCUT2D eigenvalue weighted by atomic mass is 10.1. The van der Waals surface area contributed by atoms with Crippen LogP contribution in [0.1, 0.15) is 23.1 Å². The highest BCUT2D eigenvalue weighted by Gasteiger charge is 2.21. The van der Waals surface area contributed by atoms with Crippen molar-refractivity contribution in [3.8, 4) is 11.4 Å². The molecule has 1 N–H and O–H groups in total. The fraction of sp³-hybridized carbons (Fsp3) is 0.0800. The first-order chi connectivity index (χ1) is 14.8. The molecule has 0 saturated carbocycles. The number of nitrogens with zero attached hydrogens (tertiary/aromatic N) is 2. The van der Waals surface area contributed by atoms with E-state index >= 15 is 0 Å². The van der Waals surface area contributed by atoms with E-state index in [0.717, 1.165) is 16.7 Å². The van der Waals surface area contributed by atoms with Crippen LogP contribution in [0.25, 0.3) is 17.5 Å². The highest BCUT2D eigenvalue weighted by molar-refractivity contribution is 5.91. The van der Waals surface area contributed by atoms with E-state index in [1.807, 2.05) is 91.0 Å². The summed E-state index contributed by atoms with van der Waals surface area (Å²) in [5.74, 6) is 0.649. The van der Waals surface area contributed by atoms with Crippen molar-refractivity contribution in [3.05, 3.63) is 114 Å². The number of rotatable bonds is 7. The van der Waals surface area contributed by atoms with E-state index in [0.29, 0.717) is 18.1 Å². The van der Waals surface area contributed by atoms with Gasteiger partial charge in [-0.25, -0.2) is 0 Å². The van der Waals surface area contributed by atoms with Crippen LogP contribution in [0, 0.1) is 0 Å². The number of carbonyl (C=O) groups is 1. The Kier molecular flexibility index (Phi) is 6.11. The Balaban J connectivity index is 1.54. The minimum Gasteiger partial charge on any atom is -0.340 e. The minimum atomic E-state index is -0.440. The molecule has 1 aromatic heterocycles. The summed E-state index contributed by atoms with van der Waals surface area (Å²) in [5.41, 5.74) is 2.88. The van der Waals surface area contributed by atoms with E-state index in [9.17, 15) is 4.79 Å². The number of carbonyl (C=O) groups excluding carboxylic acids is 1. The van der Waals surface area contributed by atoms with E-state index in [-0.39, 0.29) is 5.91 Å². The Morgan fingerprint density at radius 2 is 1.53 bits per heavy atom. The second kappa shape index (κ2) is 9.47. The summed E-state index contributed by atoms with van der Waals surface area (Å²) in [7, 11) is 0. The van der Waals surface area contributed by atoms with Crippen molar-refractivity contribution in [2.45, 2.75) is 12.5 Å². The first-order valence-corrected chi connectivity index (χ1v) is 9.74. The predicted octanol–water partition coefficient (Wildman–Crippen LogP) is 4.85. The van der Waals surface area contributed by atoms with Gasteiger partial charge in [0.2, 0.25) is 17.6 Å². The molecule has 30 heavy (non-hydrogen) atoms. The molecule has 0 fully saturated rings. The highest BCUT2D eigenvalue weighted by Crippen LogP contribution is 2.21. The summed E-state index contributed by atoms with van der Waals surface area (Å²) < 4.78 is 5.52.